The van der Waals surface area contributed by atoms with Crippen molar-refractivity contribution >= 4 is 15.9 Å². The Labute approximate surface area is 122 Å². The molecule has 2 atom stereocenters. The lowest BCUT2D eigenvalue weighted by molar-refractivity contribution is 0.328. The number of hydrogen-bond acceptors (Lipinski definition) is 5. The van der Waals surface area contributed by atoms with Gasteiger partial charge in [-0.25, -0.2) is 0 Å². The molecule has 2 bridgehead atoms. The maximum absolute atomic E-state index is 12.4. The molecule has 1 saturated heterocycles. The second kappa shape index (κ2) is 4.72. The number of nitrogens with one attached hydrogen (secondary N) is 1. The number of rotatable bonds is 4. The van der Waals surface area contributed by atoms with Crippen LogP contribution in [0.15, 0.2) is 18.3 Å². The minimum Gasteiger partial charge on any atom is -0.196 e. The molecule has 1 aliphatic carbocycles. The number of nitrogens with zero attached hydrogens (tertiary/aromatic N) is 5. The highest BCUT2D eigenvalue weighted by Gasteiger charge is 2.43. The number of hydrogen-bond donors (Lipinski definition) is 1. The van der Waals surface area contributed by atoms with E-state index in [0.29, 0.717) is 23.9 Å². The summed E-state index contributed by atoms with van der Waals surface area (Å²) in [4.78, 5) is 0. The molecule has 1 N–H and O–H groups in total. The van der Waals surface area contributed by atoms with Gasteiger partial charge in [0.05, 0.1) is 6.54 Å². The van der Waals surface area contributed by atoms with Crippen molar-refractivity contribution in [1.82, 2.24) is 28.8 Å². The summed E-state index contributed by atoms with van der Waals surface area (Å²) in [5.74, 6) is 1.01. The second-order valence-corrected chi connectivity index (χ2v) is 7.35. The average molecular weight is 308 g/mol. The highest BCUT2D eigenvalue weighted by molar-refractivity contribution is 7.87. The highest BCUT2D eigenvalue weighted by Crippen LogP contribution is 2.38. The predicted octanol–water partition coefficient (Wildman–Crippen LogP) is -0.0570. The molecule has 0 amide bonds. The predicted molar refractivity (Wildman–Crippen MR) is 74.4 cm³/mol. The van der Waals surface area contributed by atoms with Crippen LogP contribution in [-0.2, 0) is 16.8 Å². The maximum Gasteiger partial charge on any atom is 0.280 e. The first-order chi connectivity index (χ1) is 10.1. The fraction of sp³-hybridized carbons (Fsp3) is 0.583. The lowest BCUT2D eigenvalue weighted by Crippen LogP contribution is -2.44. The Morgan fingerprint density at radius 1 is 1.33 bits per heavy atom. The Balaban J connectivity index is 1.51. The summed E-state index contributed by atoms with van der Waals surface area (Å²) < 4.78 is 30.5. The van der Waals surface area contributed by atoms with Gasteiger partial charge in [0, 0.05) is 18.8 Å². The van der Waals surface area contributed by atoms with E-state index in [-0.39, 0.29) is 12.6 Å². The third-order valence-electron chi connectivity index (χ3n) is 4.32. The Kier molecular flexibility index (Phi) is 2.95. The van der Waals surface area contributed by atoms with E-state index in [1.54, 1.807) is 27.2 Å². The van der Waals surface area contributed by atoms with Crippen molar-refractivity contribution in [3.05, 3.63) is 24.2 Å². The fourth-order valence-corrected chi connectivity index (χ4v) is 4.78. The SMILES string of the molecule is O=S(=O)(NCc1nnc2cccnn12)N1CC2CCC1C2. The summed E-state index contributed by atoms with van der Waals surface area (Å²) in [6.07, 6.45) is 4.74. The average Bonchev–Trinajstić information content (AvgIpc) is 3.20. The standard InChI is InChI=1S/C12H16N6O2S/c19-21(20,17-8-9-3-4-10(17)6-9)14-7-12-16-15-11-2-1-5-13-18(11)12/h1-2,5,9-10,14H,3-4,6-8H2. The molecule has 112 valence electrons. The second-order valence-electron chi connectivity index (χ2n) is 5.64. The minimum absolute atomic E-state index is 0.0917. The number of aromatic nitrogens is 4. The lowest BCUT2D eigenvalue weighted by atomic mass is 10.1. The first-order valence-electron chi connectivity index (χ1n) is 7.05. The topological polar surface area (TPSA) is 92.5 Å². The molecule has 1 saturated carbocycles. The molecule has 0 aromatic carbocycles. The van der Waals surface area contributed by atoms with E-state index in [2.05, 4.69) is 20.0 Å². The molecule has 2 aromatic heterocycles. The molecule has 0 spiro atoms. The molecule has 8 nitrogen and oxygen atoms in total. The lowest BCUT2D eigenvalue weighted by Gasteiger charge is -2.25. The minimum atomic E-state index is -3.46. The van der Waals surface area contributed by atoms with Gasteiger partial charge in [-0.2, -0.15) is 27.1 Å². The molecule has 2 unspecified atom stereocenters. The van der Waals surface area contributed by atoms with Gasteiger partial charge >= 0.3 is 0 Å². The van der Waals surface area contributed by atoms with Crippen LogP contribution in [0.5, 0.6) is 0 Å². The van der Waals surface area contributed by atoms with Crippen molar-refractivity contribution in [3.8, 4) is 0 Å². The van der Waals surface area contributed by atoms with Gasteiger partial charge in [-0.3, -0.25) is 0 Å². The summed E-state index contributed by atoms with van der Waals surface area (Å²) in [6, 6.07) is 3.71. The highest BCUT2D eigenvalue weighted by atomic mass is 32.2. The van der Waals surface area contributed by atoms with Gasteiger partial charge in [-0.1, -0.05) is 0 Å². The number of fused-ring (bicyclic) bond motifs is 3. The smallest absolute Gasteiger partial charge is 0.196 e. The van der Waals surface area contributed by atoms with Gasteiger partial charge in [0.15, 0.2) is 11.5 Å². The summed E-state index contributed by atoms with van der Waals surface area (Å²) in [7, 11) is -3.46. The fourth-order valence-electron chi connectivity index (χ4n) is 3.31. The summed E-state index contributed by atoms with van der Waals surface area (Å²) in [5.41, 5.74) is 0.604. The normalized spacial score (nSPS) is 25.9. The molecule has 0 radical (unpaired) electrons. The summed E-state index contributed by atoms with van der Waals surface area (Å²) >= 11 is 0. The Hall–Kier alpha value is -1.58. The van der Waals surface area contributed by atoms with Crippen molar-refractivity contribution in [1.29, 1.82) is 0 Å². The summed E-state index contributed by atoms with van der Waals surface area (Å²) in [5, 5.41) is 12.1. The van der Waals surface area contributed by atoms with E-state index in [1.807, 2.05) is 0 Å². The summed E-state index contributed by atoms with van der Waals surface area (Å²) in [6.45, 7) is 0.729. The van der Waals surface area contributed by atoms with E-state index < -0.39 is 10.2 Å². The van der Waals surface area contributed by atoms with Crippen molar-refractivity contribution < 1.29 is 8.42 Å². The Bertz CT molecular complexity index is 773. The van der Waals surface area contributed by atoms with Crippen molar-refractivity contribution in [2.24, 2.45) is 5.92 Å². The zero-order valence-corrected chi connectivity index (χ0v) is 12.2. The van der Waals surface area contributed by atoms with Crippen LogP contribution in [0, 0.1) is 5.92 Å². The van der Waals surface area contributed by atoms with Crippen LogP contribution in [0.2, 0.25) is 0 Å². The molecular weight excluding hydrogens is 292 g/mol. The molecular formula is C12H16N6O2S. The van der Waals surface area contributed by atoms with E-state index >= 15 is 0 Å². The van der Waals surface area contributed by atoms with Gasteiger partial charge in [-0.05, 0) is 37.3 Å². The first kappa shape index (κ1) is 13.1. The largest absolute Gasteiger partial charge is 0.280 e. The van der Waals surface area contributed by atoms with Gasteiger partial charge in [0.25, 0.3) is 10.2 Å². The molecule has 9 heteroatoms. The molecule has 2 fully saturated rings. The Morgan fingerprint density at radius 3 is 3.00 bits per heavy atom. The maximum atomic E-state index is 12.4. The van der Waals surface area contributed by atoms with Gasteiger partial charge in [0.2, 0.25) is 0 Å². The van der Waals surface area contributed by atoms with E-state index in [1.165, 1.54) is 0 Å². The molecule has 21 heavy (non-hydrogen) atoms. The first-order valence-corrected chi connectivity index (χ1v) is 8.49. The van der Waals surface area contributed by atoms with Crippen LogP contribution >= 0.6 is 0 Å². The third-order valence-corrected chi connectivity index (χ3v) is 5.90. The zero-order chi connectivity index (χ0) is 14.4. The van der Waals surface area contributed by atoms with Crippen molar-refractivity contribution in [2.75, 3.05) is 6.54 Å². The quantitative estimate of drug-likeness (QED) is 0.854. The molecule has 2 aliphatic rings. The van der Waals surface area contributed by atoms with Gasteiger partial charge < -0.3 is 0 Å². The van der Waals surface area contributed by atoms with Crippen LogP contribution in [0.25, 0.3) is 5.65 Å². The monoisotopic (exact) mass is 308 g/mol. The third kappa shape index (κ3) is 2.21. The van der Waals surface area contributed by atoms with Gasteiger partial charge in [-0.15, -0.1) is 10.2 Å². The molecule has 4 rings (SSSR count). The molecule has 1 aliphatic heterocycles. The van der Waals surface area contributed by atoms with E-state index in [9.17, 15) is 8.42 Å². The Morgan fingerprint density at radius 2 is 2.24 bits per heavy atom. The zero-order valence-electron chi connectivity index (χ0n) is 11.4. The number of piperidine rings is 1. The van der Waals surface area contributed by atoms with Crippen molar-refractivity contribution in [3.63, 3.8) is 0 Å². The van der Waals surface area contributed by atoms with Crippen LogP contribution in [0.1, 0.15) is 25.1 Å². The van der Waals surface area contributed by atoms with Crippen molar-refractivity contribution in [2.45, 2.75) is 31.8 Å². The van der Waals surface area contributed by atoms with Crippen LogP contribution < -0.4 is 4.72 Å². The van der Waals surface area contributed by atoms with Crippen LogP contribution in [0.4, 0.5) is 0 Å². The van der Waals surface area contributed by atoms with E-state index in [4.69, 9.17) is 0 Å². The van der Waals surface area contributed by atoms with Crippen LogP contribution in [0.3, 0.4) is 0 Å². The molecule has 2 aromatic rings. The van der Waals surface area contributed by atoms with Crippen LogP contribution in [-0.4, -0.2) is 45.1 Å². The van der Waals surface area contributed by atoms with E-state index in [0.717, 1.165) is 19.3 Å². The van der Waals surface area contributed by atoms with Gasteiger partial charge in [0.1, 0.15) is 0 Å². The molecule has 3 heterocycles.